The highest BCUT2D eigenvalue weighted by Gasteiger charge is 2.38. The van der Waals surface area contributed by atoms with Crippen molar-refractivity contribution in [1.29, 1.82) is 0 Å². The molecule has 1 amide bonds. The zero-order valence-corrected chi connectivity index (χ0v) is 15.7. The molecule has 0 radical (unpaired) electrons. The van der Waals surface area contributed by atoms with E-state index in [2.05, 4.69) is 10.3 Å². The minimum atomic E-state index is -0.614. The van der Waals surface area contributed by atoms with Crippen LogP contribution in [0, 0.1) is 0 Å². The molecule has 8 nitrogen and oxygen atoms in total. The van der Waals surface area contributed by atoms with Crippen molar-refractivity contribution in [2.45, 2.75) is 18.8 Å². The van der Waals surface area contributed by atoms with Gasteiger partial charge in [0.05, 0.1) is 12.2 Å². The maximum Gasteiger partial charge on any atom is 0.267 e. The standard InChI is InChI=1S/C21H20N4O4/c26-21(20-14-28-18-8-4-5-9-19(18)29-20)24-11-16(12-24)25-10-15(22-23-25)13-27-17-6-2-1-3-7-17/h1-10,16,20H,11-14H2/t20-/m0/s1. The van der Waals surface area contributed by atoms with E-state index in [0.29, 0.717) is 31.2 Å². The number of rotatable bonds is 5. The molecule has 0 aliphatic carbocycles. The van der Waals surface area contributed by atoms with Crippen molar-refractivity contribution in [3.05, 3.63) is 66.5 Å². The minimum absolute atomic E-state index is 0.0662. The molecule has 1 atom stereocenters. The van der Waals surface area contributed by atoms with E-state index < -0.39 is 6.10 Å². The summed E-state index contributed by atoms with van der Waals surface area (Å²) in [7, 11) is 0. The van der Waals surface area contributed by atoms with Gasteiger partial charge in [-0.2, -0.15) is 0 Å². The van der Waals surface area contributed by atoms with Gasteiger partial charge in [0.1, 0.15) is 24.7 Å². The van der Waals surface area contributed by atoms with Gasteiger partial charge in [-0.25, -0.2) is 4.68 Å². The molecule has 0 bridgehead atoms. The maximum absolute atomic E-state index is 12.7. The van der Waals surface area contributed by atoms with Gasteiger partial charge in [-0.15, -0.1) is 5.10 Å². The molecule has 148 valence electrons. The number of hydrogen-bond acceptors (Lipinski definition) is 6. The lowest BCUT2D eigenvalue weighted by molar-refractivity contribution is -0.147. The number of carbonyl (C=O) groups excluding carboxylic acids is 1. The minimum Gasteiger partial charge on any atom is -0.487 e. The number of likely N-dealkylation sites (tertiary alicyclic amines) is 1. The summed E-state index contributed by atoms with van der Waals surface area (Å²) in [4.78, 5) is 14.4. The second-order valence-electron chi connectivity index (χ2n) is 7.05. The largest absolute Gasteiger partial charge is 0.487 e. The first-order chi connectivity index (χ1) is 14.3. The number of para-hydroxylation sites is 3. The van der Waals surface area contributed by atoms with Crippen LogP contribution in [0.1, 0.15) is 11.7 Å². The molecule has 1 fully saturated rings. The highest BCUT2D eigenvalue weighted by atomic mass is 16.6. The molecule has 8 heteroatoms. The van der Waals surface area contributed by atoms with E-state index in [-0.39, 0.29) is 18.6 Å². The summed E-state index contributed by atoms with van der Waals surface area (Å²) < 4.78 is 18.9. The molecule has 0 spiro atoms. The van der Waals surface area contributed by atoms with Crippen LogP contribution in [-0.4, -0.2) is 51.6 Å². The van der Waals surface area contributed by atoms with Crippen molar-refractivity contribution in [1.82, 2.24) is 19.9 Å². The summed E-state index contributed by atoms with van der Waals surface area (Å²) in [6.07, 6.45) is 1.25. The zero-order chi connectivity index (χ0) is 19.6. The number of hydrogen-bond donors (Lipinski definition) is 0. The lowest BCUT2D eigenvalue weighted by Crippen LogP contribution is -2.56. The van der Waals surface area contributed by atoms with E-state index in [1.54, 1.807) is 9.58 Å². The SMILES string of the molecule is O=C([C@@H]1COc2ccccc2O1)N1CC(n2cc(COc3ccccc3)nn2)C1. The third kappa shape index (κ3) is 3.61. The van der Waals surface area contributed by atoms with Gasteiger partial charge in [-0.05, 0) is 24.3 Å². The number of aromatic nitrogens is 3. The molecule has 3 heterocycles. The van der Waals surface area contributed by atoms with Crippen molar-refractivity contribution >= 4 is 5.91 Å². The topological polar surface area (TPSA) is 78.7 Å². The number of fused-ring (bicyclic) bond motifs is 1. The smallest absolute Gasteiger partial charge is 0.267 e. The predicted molar refractivity (Wildman–Crippen MR) is 103 cm³/mol. The Kier molecular flexibility index (Phi) is 4.51. The van der Waals surface area contributed by atoms with E-state index in [9.17, 15) is 4.79 Å². The molecule has 3 aromatic rings. The van der Waals surface area contributed by atoms with E-state index in [1.165, 1.54) is 0 Å². The fourth-order valence-corrected chi connectivity index (χ4v) is 3.38. The predicted octanol–water partition coefficient (Wildman–Crippen LogP) is 2.08. The second-order valence-corrected chi connectivity index (χ2v) is 7.05. The van der Waals surface area contributed by atoms with E-state index in [1.807, 2.05) is 60.8 Å². The Morgan fingerprint density at radius 1 is 1.07 bits per heavy atom. The third-order valence-corrected chi connectivity index (χ3v) is 5.02. The normalized spacial score (nSPS) is 18.2. The Labute approximate surface area is 167 Å². The van der Waals surface area contributed by atoms with E-state index >= 15 is 0 Å². The summed E-state index contributed by atoms with van der Waals surface area (Å²) in [6.45, 7) is 1.72. The maximum atomic E-state index is 12.7. The lowest BCUT2D eigenvalue weighted by atomic mass is 10.1. The Bertz CT molecular complexity index is 1000. The van der Waals surface area contributed by atoms with Gasteiger partial charge in [0.25, 0.3) is 5.91 Å². The number of ether oxygens (including phenoxy) is 3. The number of benzene rings is 2. The fraction of sp³-hybridized carbons (Fsp3) is 0.286. The van der Waals surface area contributed by atoms with E-state index in [0.717, 1.165) is 11.4 Å². The summed E-state index contributed by atoms with van der Waals surface area (Å²) in [5.74, 6) is 2.00. The van der Waals surface area contributed by atoms with Crippen LogP contribution in [0.15, 0.2) is 60.8 Å². The Balaban J connectivity index is 1.13. The first kappa shape index (κ1) is 17.5. The van der Waals surface area contributed by atoms with Gasteiger partial charge in [-0.1, -0.05) is 35.5 Å². The molecule has 2 aliphatic rings. The molecule has 29 heavy (non-hydrogen) atoms. The summed E-state index contributed by atoms with van der Waals surface area (Å²) in [5.41, 5.74) is 0.749. The van der Waals surface area contributed by atoms with Crippen LogP contribution in [-0.2, 0) is 11.4 Å². The average Bonchev–Trinajstić information content (AvgIpc) is 3.20. The molecule has 0 N–H and O–H groups in total. The molecular formula is C21H20N4O4. The quantitative estimate of drug-likeness (QED) is 0.662. The average molecular weight is 392 g/mol. The highest BCUT2D eigenvalue weighted by molar-refractivity contribution is 5.82. The molecular weight excluding hydrogens is 372 g/mol. The zero-order valence-electron chi connectivity index (χ0n) is 15.7. The Hall–Kier alpha value is -3.55. The van der Waals surface area contributed by atoms with Gasteiger partial charge >= 0.3 is 0 Å². The first-order valence-corrected chi connectivity index (χ1v) is 9.52. The van der Waals surface area contributed by atoms with Gasteiger partial charge in [0.15, 0.2) is 11.5 Å². The lowest BCUT2D eigenvalue weighted by Gasteiger charge is -2.41. The molecule has 2 aliphatic heterocycles. The third-order valence-electron chi connectivity index (χ3n) is 5.02. The van der Waals surface area contributed by atoms with Crippen LogP contribution in [0.25, 0.3) is 0 Å². The number of carbonyl (C=O) groups is 1. The van der Waals surface area contributed by atoms with Crippen molar-refractivity contribution in [2.75, 3.05) is 19.7 Å². The summed E-state index contributed by atoms with van der Waals surface area (Å²) in [6, 6.07) is 17.1. The van der Waals surface area contributed by atoms with Crippen LogP contribution < -0.4 is 14.2 Å². The summed E-state index contributed by atoms with van der Waals surface area (Å²) >= 11 is 0. The summed E-state index contributed by atoms with van der Waals surface area (Å²) in [5, 5.41) is 8.34. The number of amides is 1. The van der Waals surface area contributed by atoms with Gasteiger partial charge in [0, 0.05) is 13.1 Å². The molecule has 0 saturated carbocycles. The van der Waals surface area contributed by atoms with Gasteiger partial charge in [0.2, 0.25) is 6.10 Å². The number of nitrogens with zero attached hydrogens (tertiary/aromatic N) is 4. The van der Waals surface area contributed by atoms with Crippen molar-refractivity contribution < 1.29 is 19.0 Å². The van der Waals surface area contributed by atoms with Crippen LogP contribution in [0.2, 0.25) is 0 Å². The van der Waals surface area contributed by atoms with Crippen LogP contribution in [0.5, 0.6) is 17.2 Å². The Morgan fingerprint density at radius 2 is 1.83 bits per heavy atom. The van der Waals surface area contributed by atoms with Crippen molar-refractivity contribution in [2.24, 2.45) is 0 Å². The van der Waals surface area contributed by atoms with Gasteiger partial charge in [-0.3, -0.25) is 4.79 Å². The highest BCUT2D eigenvalue weighted by Crippen LogP contribution is 2.32. The van der Waals surface area contributed by atoms with Crippen molar-refractivity contribution in [3.8, 4) is 17.2 Å². The fourth-order valence-electron chi connectivity index (χ4n) is 3.38. The Morgan fingerprint density at radius 3 is 2.66 bits per heavy atom. The molecule has 1 saturated heterocycles. The van der Waals surface area contributed by atoms with Crippen LogP contribution in [0.3, 0.4) is 0 Å². The first-order valence-electron chi connectivity index (χ1n) is 9.52. The second kappa shape index (κ2) is 7.46. The molecule has 1 aromatic heterocycles. The molecule has 0 unspecified atom stereocenters. The van der Waals surface area contributed by atoms with E-state index in [4.69, 9.17) is 14.2 Å². The molecule has 2 aromatic carbocycles. The molecule has 5 rings (SSSR count). The van der Waals surface area contributed by atoms with Crippen LogP contribution >= 0.6 is 0 Å². The van der Waals surface area contributed by atoms with Crippen LogP contribution in [0.4, 0.5) is 0 Å². The van der Waals surface area contributed by atoms with Gasteiger partial charge < -0.3 is 19.1 Å². The van der Waals surface area contributed by atoms with Crippen molar-refractivity contribution in [3.63, 3.8) is 0 Å². The monoisotopic (exact) mass is 392 g/mol.